The highest BCUT2D eigenvalue weighted by atomic mass is 16.2. The number of aromatic nitrogens is 2. The molecule has 0 saturated carbocycles. The van der Waals surface area contributed by atoms with E-state index in [1.54, 1.807) is 13.1 Å². The maximum atomic E-state index is 12.7. The Bertz CT molecular complexity index is 867. The molecule has 1 amide bonds. The van der Waals surface area contributed by atoms with Crippen LogP contribution in [0.1, 0.15) is 15.9 Å². The van der Waals surface area contributed by atoms with Gasteiger partial charge in [-0.25, -0.2) is 0 Å². The van der Waals surface area contributed by atoms with Gasteiger partial charge in [0.25, 0.3) is 5.91 Å². The van der Waals surface area contributed by atoms with Gasteiger partial charge in [-0.15, -0.1) is 5.10 Å². The van der Waals surface area contributed by atoms with Crippen molar-refractivity contribution in [2.24, 2.45) is 0 Å². The van der Waals surface area contributed by atoms with Gasteiger partial charge in [-0.05, 0) is 31.2 Å². The predicted octanol–water partition coefficient (Wildman–Crippen LogP) is 2.63. The average Bonchev–Trinajstić information content (AvgIpc) is 2.93. The first-order valence-corrected chi connectivity index (χ1v) is 6.89. The standard InChI is InChI=1S/C17H15N3O2/c1-12-6-5-7-13(10-12)17(22)20-15-9-4-3-8-14(15)16(18-20)19(2)11-21/h3-11H,1-2H3. The third-order valence-electron chi connectivity index (χ3n) is 3.52. The van der Waals surface area contributed by atoms with Crippen molar-refractivity contribution in [3.8, 4) is 0 Å². The molecule has 1 aromatic heterocycles. The van der Waals surface area contributed by atoms with Crippen LogP contribution in [0.5, 0.6) is 0 Å². The fourth-order valence-corrected chi connectivity index (χ4v) is 2.42. The van der Waals surface area contributed by atoms with Gasteiger partial charge in [0.15, 0.2) is 5.82 Å². The molecule has 1 heterocycles. The van der Waals surface area contributed by atoms with Gasteiger partial charge in [0, 0.05) is 18.0 Å². The number of aryl methyl sites for hydroxylation is 1. The summed E-state index contributed by atoms with van der Waals surface area (Å²) in [4.78, 5) is 25.1. The first-order chi connectivity index (χ1) is 10.6. The number of amides is 1. The molecule has 22 heavy (non-hydrogen) atoms. The Balaban J connectivity index is 2.19. The van der Waals surface area contributed by atoms with E-state index in [0.29, 0.717) is 23.3 Å². The number of carbonyl (C=O) groups excluding carboxylic acids is 2. The van der Waals surface area contributed by atoms with Crippen LogP contribution < -0.4 is 4.90 Å². The zero-order chi connectivity index (χ0) is 15.7. The summed E-state index contributed by atoms with van der Waals surface area (Å²) in [6, 6.07) is 14.7. The summed E-state index contributed by atoms with van der Waals surface area (Å²) in [5.41, 5.74) is 2.25. The van der Waals surface area contributed by atoms with Crippen LogP contribution in [0.25, 0.3) is 10.9 Å². The second kappa shape index (κ2) is 5.44. The lowest BCUT2D eigenvalue weighted by Gasteiger charge is -2.06. The Labute approximate surface area is 127 Å². The summed E-state index contributed by atoms with van der Waals surface area (Å²) in [5, 5.41) is 5.09. The van der Waals surface area contributed by atoms with E-state index in [1.165, 1.54) is 9.58 Å². The Morgan fingerprint density at radius 1 is 1.18 bits per heavy atom. The normalized spacial score (nSPS) is 10.6. The summed E-state index contributed by atoms with van der Waals surface area (Å²) in [6.45, 7) is 1.93. The molecule has 0 bridgehead atoms. The maximum absolute atomic E-state index is 12.7. The first kappa shape index (κ1) is 14.0. The van der Waals surface area contributed by atoms with Crippen LogP contribution in [-0.2, 0) is 4.79 Å². The SMILES string of the molecule is Cc1cccc(C(=O)n2nc(N(C)C=O)c3ccccc32)c1. The topological polar surface area (TPSA) is 55.2 Å². The molecule has 0 fully saturated rings. The number of carbonyl (C=O) groups is 2. The number of anilines is 1. The fraction of sp³-hybridized carbons (Fsp3) is 0.118. The maximum Gasteiger partial charge on any atom is 0.278 e. The highest BCUT2D eigenvalue weighted by Crippen LogP contribution is 2.25. The monoisotopic (exact) mass is 293 g/mol. The Kier molecular flexibility index (Phi) is 3.47. The summed E-state index contributed by atoms with van der Waals surface area (Å²) in [6.07, 6.45) is 0.677. The molecule has 2 aromatic carbocycles. The number of hydrogen-bond acceptors (Lipinski definition) is 3. The quantitative estimate of drug-likeness (QED) is 0.698. The second-order valence-corrected chi connectivity index (χ2v) is 5.14. The molecule has 3 rings (SSSR count). The number of hydrogen-bond donors (Lipinski definition) is 0. The number of para-hydroxylation sites is 1. The highest BCUT2D eigenvalue weighted by Gasteiger charge is 2.18. The van der Waals surface area contributed by atoms with Crippen LogP contribution in [0, 0.1) is 6.92 Å². The van der Waals surface area contributed by atoms with Gasteiger partial charge in [0.2, 0.25) is 6.41 Å². The van der Waals surface area contributed by atoms with Crippen LogP contribution >= 0.6 is 0 Å². The molecule has 0 saturated heterocycles. The molecule has 0 spiro atoms. The molecule has 3 aromatic rings. The van der Waals surface area contributed by atoms with Crippen molar-refractivity contribution < 1.29 is 9.59 Å². The van der Waals surface area contributed by atoms with Gasteiger partial charge < -0.3 is 4.90 Å². The lowest BCUT2D eigenvalue weighted by molar-refractivity contribution is -0.107. The van der Waals surface area contributed by atoms with Gasteiger partial charge in [0.1, 0.15) is 0 Å². The number of fused-ring (bicyclic) bond motifs is 1. The minimum atomic E-state index is -0.217. The second-order valence-electron chi connectivity index (χ2n) is 5.14. The van der Waals surface area contributed by atoms with Crippen molar-refractivity contribution in [3.05, 3.63) is 59.7 Å². The number of benzene rings is 2. The first-order valence-electron chi connectivity index (χ1n) is 6.89. The molecule has 0 radical (unpaired) electrons. The van der Waals surface area contributed by atoms with E-state index in [4.69, 9.17) is 0 Å². The van der Waals surface area contributed by atoms with Crippen molar-refractivity contribution in [2.75, 3.05) is 11.9 Å². The number of nitrogens with zero attached hydrogens (tertiary/aromatic N) is 3. The van der Waals surface area contributed by atoms with Gasteiger partial charge in [-0.2, -0.15) is 4.68 Å². The molecule has 110 valence electrons. The highest BCUT2D eigenvalue weighted by molar-refractivity contribution is 6.05. The fourth-order valence-electron chi connectivity index (χ4n) is 2.42. The Hall–Kier alpha value is -2.95. The smallest absolute Gasteiger partial charge is 0.278 e. The van der Waals surface area contributed by atoms with Crippen molar-refractivity contribution in [3.63, 3.8) is 0 Å². The minimum Gasteiger partial charge on any atom is -0.301 e. The summed E-state index contributed by atoms with van der Waals surface area (Å²) in [7, 11) is 1.61. The molecule has 0 aliphatic carbocycles. The molecule has 5 nitrogen and oxygen atoms in total. The van der Waals surface area contributed by atoms with E-state index in [1.807, 2.05) is 49.4 Å². The minimum absolute atomic E-state index is 0.217. The molecule has 0 N–H and O–H groups in total. The van der Waals surface area contributed by atoms with Gasteiger partial charge in [0.05, 0.1) is 5.52 Å². The van der Waals surface area contributed by atoms with Crippen LogP contribution in [0.15, 0.2) is 48.5 Å². The van der Waals surface area contributed by atoms with Gasteiger partial charge in [-0.1, -0.05) is 29.8 Å². The molecular weight excluding hydrogens is 278 g/mol. The van der Waals surface area contributed by atoms with E-state index in [9.17, 15) is 9.59 Å². The van der Waals surface area contributed by atoms with Crippen molar-refractivity contribution in [2.45, 2.75) is 6.92 Å². The van der Waals surface area contributed by atoms with Crippen LogP contribution in [0.3, 0.4) is 0 Å². The third-order valence-corrected chi connectivity index (χ3v) is 3.52. The molecular formula is C17H15N3O2. The zero-order valence-electron chi connectivity index (χ0n) is 12.4. The van der Waals surface area contributed by atoms with Crippen molar-refractivity contribution in [1.29, 1.82) is 0 Å². The molecule has 0 aliphatic rings. The van der Waals surface area contributed by atoms with Crippen LogP contribution in [0.4, 0.5) is 5.82 Å². The lowest BCUT2D eigenvalue weighted by atomic mass is 10.1. The summed E-state index contributed by atoms with van der Waals surface area (Å²) < 4.78 is 1.35. The van der Waals surface area contributed by atoms with E-state index >= 15 is 0 Å². The van der Waals surface area contributed by atoms with Crippen molar-refractivity contribution in [1.82, 2.24) is 9.78 Å². The van der Waals surface area contributed by atoms with E-state index in [0.717, 1.165) is 10.9 Å². The summed E-state index contributed by atoms with van der Waals surface area (Å²) in [5.74, 6) is 0.247. The molecule has 5 heteroatoms. The zero-order valence-corrected chi connectivity index (χ0v) is 12.4. The van der Waals surface area contributed by atoms with Crippen LogP contribution in [0.2, 0.25) is 0 Å². The summed E-state index contributed by atoms with van der Waals surface area (Å²) >= 11 is 0. The average molecular weight is 293 g/mol. The lowest BCUT2D eigenvalue weighted by Crippen LogP contribution is -2.17. The van der Waals surface area contributed by atoms with Crippen molar-refractivity contribution >= 4 is 29.0 Å². The van der Waals surface area contributed by atoms with Gasteiger partial charge >= 0.3 is 0 Å². The predicted molar refractivity (Wildman–Crippen MR) is 85.1 cm³/mol. The molecule has 0 aliphatic heterocycles. The van der Waals surface area contributed by atoms with E-state index in [-0.39, 0.29) is 5.91 Å². The number of rotatable bonds is 3. The van der Waals surface area contributed by atoms with Crippen LogP contribution in [-0.4, -0.2) is 29.1 Å². The molecule has 0 unspecified atom stereocenters. The third kappa shape index (κ3) is 2.26. The van der Waals surface area contributed by atoms with Gasteiger partial charge in [-0.3, -0.25) is 9.59 Å². The Morgan fingerprint density at radius 2 is 1.95 bits per heavy atom. The van der Waals surface area contributed by atoms with E-state index in [2.05, 4.69) is 5.10 Å². The Morgan fingerprint density at radius 3 is 2.68 bits per heavy atom. The van der Waals surface area contributed by atoms with E-state index < -0.39 is 0 Å². The molecule has 0 atom stereocenters. The largest absolute Gasteiger partial charge is 0.301 e.